The zero-order valence-corrected chi connectivity index (χ0v) is 10.1. The molecule has 1 aromatic carbocycles. The second-order valence-corrected chi connectivity index (χ2v) is 4.34. The lowest BCUT2D eigenvalue weighted by atomic mass is 10.2. The second kappa shape index (κ2) is 5.02. The van der Waals surface area contributed by atoms with E-state index in [0.717, 1.165) is 12.8 Å². The first kappa shape index (κ1) is 11.0. The number of anilines is 1. The molecule has 0 radical (unpaired) electrons. The molecular formula is C15H19N. The first-order valence-electron chi connectivity index (χ1n) is 5.92. The monoisotopic (exact) mass is 213 g/mol. The number of hydrogen-bond acceptors (Lipinski definition) is 1. The molecule has 0 spiro atoms. The van der Waals surface area contributed by atoms with Crippen LogP contribution >= 0.6 is 0 Å². The largest absolute Gasteiger partial charge is 0.348 e. The summed E-state index contributed by atoms with van der Waals surface area (Å²) in [5, 5.41) is 0. The lowest BCUT2D eigenvalue weighted by Crippen LogP contribution is -2.15. The van der Waals surface area contributed by atoms with E-state index in [0.29, 0.717) is 0 Å². The van der Waals surface area contributed by atoms with Crippen LogP contribution < -0.4 is 4.90 Å². The fraction of sp³-hybridized carbons (Fsp3) is 0.333. The van der Waals surface area contributed by atoms with Crippen LogP contribution in [0.15, 0.2) is 48.2 Å². The Morgan fingerprint density at radius 3 is 2.50 bits per heavy atom. The number of hydrogen-bond donors (Lipinski definition) is 0. The molecule has 0 atom stereocenters. The lowest BCUT2D eigenvalue weighted by Gasteiger charge is -2.22. The van der Waals surface area contributed by atoms with E-state index in [1.54, 1.807) is 0 Å². The Hall–Kier alpha value is -1.50. The maximum atomic E-state index is 2.35. The molecule has 0 aromatic heterocycles. The molecule has 0 saturated heterocycles. The van der Waals surface area contributed by atoms with E-state index >= 15 is 0 Å². The van der Waals surface area contributed by atoms with Crippen molar-refractivity contribution in [1.82, 2.24) is 0 Å². The Morgan fingerprint density at radius 1 is 1.00 bits per heavy atom. The summed E-state index contributed by atoms with van der Waals surface area (Å²) in [6.45, 7) is 2.12. The highest BCUT2D eigenvalue weighted by Crippen LogP contribution is 2.22. The van der Waals surface area contributed by atoms with E-state index in [9.17, 15) is 0 Å². The molecule has 0 amide bonds. The van der Waals surface area contributed by atoms with Crippen molar-refractivity contribution < 1.29 is 0 Å². The molecule has 0 saturated carbocycles. The summed E-state index contributed by atoms with van der Waals surface area (Å²) in [5.41, 5.74) is 3.98. The molecule has 1 heteroatoms. The smallest absolute Gasteiger partial charge is 0.0405 e. The molecule has 0 heterocycles. The standard InChI is InChI=1S/C15H19N/c1-13-9-11-15(12-10-13)16(2)14-7-5-3-4-6-8-14/h3,5,8-12H,4,6-7H2,1-2H3. The van der Waals surface area contributed by atoms with Gasteiger partial charge in [-0.1, -0.05) is 35.9 Å². The van der Waals surface area contributed by atoms with E-state index in [4.69, 9.17) is 0 Å². The predicted octanol–water partition coefficient (Wildman–Crippen LogP) is 4.06. The summed E-state index contributed by atoms with van der Waals surface area (Å²) in [6, 6.07) is 8.70. The van der Waals surface area contributed by atoms with Crippen LogP contribution in [0.1, 0.15) is 24.8 Å². The van der Waals surface area contributed by atoms with Crippen molar-refractivity contribution in [2.24, 2.45) is 0 Å². The molecule has 1 nitrogen and oxygen atoms in total. The molecule has 0 fully saturated rings. The van der Waals surface area contributed by atoms with Crippen LogP contribution in [-0.4, -0.2) is 7.05 Å². The van der Waals surface area contributed by atoms with Crippen molar-refractivity contribution in [2.75, 3.05) is 11.9 Å². The van der Waals surface area contributed by atoms with Crippen molar-refractivity contribution in [3.8, 4) is 0 Å². The maximum Gasteiger partial charge on any atom is 0.0405 e. The van der Waals surface area contributed by atoms with Gasteiger partial charge in [0.25, 0.3) is 0 Å². The molecule has 1 aliphatic rings. The van der Waals surface area contributed by atoms with Crippen LogP contribution in [0.2, 0.25) is 0 Å². The van der Waals surface area contributed by atoms with Gasteiger partial charge in [-0.05, 0) is 31.9 Å². The Bertz CT molecular complexity index is 398. The number of allylic oxidation sites excluding steroid dienone is 3. The van der Waals surface area contributed by atoms with Crippen LogP contribution in [0, 0.1) is 6.92 Å². The minimum absolute atomic E-state index is 1.05. The van der Waals surface area contributed by atoms with Crippen molar-refractivity contribution >= 4 is 5.69 Å². The summed E-state index contributed by atoms with van der Waals surface area (Å²) < 4.78 is 0. The normalized spacial score (nSPS) is 15.5. The van der Waals surface area contributed by atoms with Gasteiger partial charge in [0.1, 0.15) is 0 Å². The Kier molecular flexibility index (Phi) is 3.45. The summed E-state index contributed by atoms with van der Waals surface area (Å²) in [5.74, 6) is 0. The molecule has 0 N–H and O–H groups in total. The molecule has 1 aromatic rings. The zero-order valence-electron chi connectivity index (χ0n) is 10.1. The molecule has 84 valence electrons. The molecule has 0 aliphatic heterocycles. The van der Waals surface area contributed by atoms with Gasteiger partial charge in [-0.25, -0.2) is 0 Å². The quantitative estimate of drug-likeness (QED) is 0.670. The fourth-order valence-electron chi connectivity index (χ4n) is 1.96. The van der Waals surface area contributed by atoms with Gasteiger partial charge >= 0.3 is 0 Å². The summed E-state index contributed by atoms with van der Waals surface area (Å²) in [6.07, 6.45) is 10.3. The van der Waals surface area contributed by atoms with Gasteiger partial charge in [0.05, 0.1) is 0 Å². The lowest BCUT2D eigenvalue weighted by molar-refractivity contribution is 0.996. The number of rotatable bonds is 2. The van der Waals surface area contributed by atoms with Gasteiger partial charge in [-0.2, -0.15) is 0 Å². The van der Waals surface area contributed by atoms with E-state index in [1.165, 1.54) is 23.4 Å². The van der Waals surface area contributed by atoms with Gasteiger partial charge in [0.2, 0.25) is 0 Å². The number of aryl methyl sites for hydroxylation is 1. The fourth-order valence-corrected chi connectivity index (χ4v) is 1.96. The third-order valence-corrected chi connectivity index (χ3v) is 3.06. The van der Waals surface area contributed by atoms with Crippen molar-refractivity contribution in [1.29, 1.82) is 0 Å². The van der Waals surface area contributed by atoms with Crippen molar-refractivity contribution in [3.05, 3.63) is 53.8 Å². The summed E-state index contributed by atoms with van der Waals surface area (Å²) >= 11 is 0. The molecule has 0 unspecified atom stereocenters. The van der Waals surface area contributed by atoms with E-state index in [2.05, 4.69) is 61.4 Å². The Morgan fingerprint density at radius 2 is 1.75 bits per heavy atom. The van der Waals surface area contributed by atoms with Crippen LogP contribution in [0.4, 0.5) is 5.69 Å². The van der Waals surface area contributed by atoms with Crippen molar-refractivity contribution in [2.45, 2.75) is 26.2 Å². The minimum Gasteiger partial charge on any atom is -0.348 e. The average Bonchev–Trinajstić information content (AvgIpc) is 2.57. The van der Waals surface area contributed by atoms with Crippen LogP contribution in [0.3, 0.4) is 0 Å². The Labute approximate surface area is 98.1 Å². The maximum absolute atomic E-state index is 2.35. The number of benzene rings is 1. The van der Waals surface area contributed by atoms with E-state index in [-0.39, 0.29) is 0 Å². The SMILES string of the molecule is Cc1ccc(N(C)C2=CCCC=CC2)cc1. The highest BCUT2D eigenvalue weighted by atomic mass is 15.1. The average molecular weight is 213 g/mol. The van der Waals surface area contributed by atoms with Gasteiger partial charge in [-0.3, -0.25) is 0 Å². The van der Waals surface area contributed by atoms with E-state index < -0.39 is 0 Å². The molecule has 2 rings (SSSR count). The van der Waals surface area contributed by atoms with Gasteiger partial charge in [-0.15, -0.1) is 0 Å². The topological polar surface area (TPSA) is 3.24 Å². The third-order valence-electron chi connectivity index (χ3n) is 3.06. The number of nitrogens with zero attached hydrogens (tertiary/aromatic N) is 1. The Balaban J connectivity index is 2.17. The first-order valence-corrected chi connectivity index (χ1v) is 5.92. The molecule has 16 heavy (non-hydrogen) atoms. The van der Waals surface area contributed by atoms with Crippen LogP contribution in [-0.2, 0) is 0 Å². The van der Waals surface area contributed by atoms with E-state index in [1.807, 2.05) is 0 Å². The van der Waals surface area contributed by atoms with Crippen LogP contribution in [0.5, 0.6) is 0 Å². The summed E-state index contributed by atoms with van der Waals surface area (Å²) in [7, 11) is 2.15. The molecule has 1 aliphatic carbocycles. The molecule has 0 bridgehead atoms. The first-order chi connectivity index (χ1) is 7.77. The second-order valence-electron chi connectivity index (χ2n) is 4.34. The van der Waals surface area contributed by atoms with Gasteiger partial charge < -0.3 is 4.90 Å². The molecular weight excluding hydrogens is 194 g/mol. The van der Waals surface area contributed by atoms with Crippen molar-refractivity contribution in [3.63, 3.8) is 0 Å². The zero-order chi connectivity index (χ0) is 11.4. The highest BCUT2D eigenvalue weighted by Gasteiger charge is 2.06. The summed E-state index contributed by atoms with van der Waals surface area (Å²) in [4.78, 5) is 2.29. The highest BCUT2D eigenvalue weighted by molar-refractivity contribution is 5.52. The third kappa shape index (κ3) is 2.54. The van der Waals surface area contributed by atoms with Gasteiger partial charge in [0.15, 0.2) is 0 Å². The van der Waals surface area contributed by atoms with Gasteiger partial charge in [0, 0.05) is 24.9 Å². The van der Waals surface area contributed by atoms with Crippen LogP contribution in [0.25, 0.3) is 0 Å². The minimum atomic E-state index is 1.05. The predicted molar refractivity (Wildman–Crippen MR) is 70.7 cm³/mol.